The Hall–Kier alpha value is -0.910. The Labute approximate surface area is 176 Å². The van der Waals surface area contributed by atoms with Crippen LogP contribution in [0.2, 0.25) is 0 Å². The van der Waals surface area contributed by atoms with Gasteiger partial charge in [-0.1, -0.05) is 25.5 Å². The molecule has 29 heavy (non-hydrogen) atoms. The molecule has 3 aliphatic rings. The minimum absolute atomic E-state index is 0.0511. The summed E-state index contributed by atoms with van der Waals surface area (Å²) in [6.45, 7) is 13.0. The van der Waals surface area contributed by atoms with E-state index in [-0.39, 0.29) is 28.3 Å². The second-order valence-corrected chi connectivity index (χ2v) is 10.8. The lowest BCUT2D eigenvalue weighted by Crippen LogP contribution is -2.42. The Morgan fingerprint density at radius 2 is 1.90 bits per heavy atom. The van der Waals surface area contributed by atoms with E-state index in [1.165, 1.54) is 24.8 Å². The number of aliphatic carboxylic acids is 1. The van der Waals surface area contributed by atoms with Gasteiger partial charge in [0.2, 0.25) is 0 Å². The fourth-order valence-corrected chi connectivity index (χ4v) is 5.66. The molecule has 3 fully saturated rings. The van der Waals surface area contributed by atoms with Gasteiger partial charge in [-0.3, -0.25) is 4.79 Å². The predicted molar refractivity (Wildman–Crippen MR) is 112 cm³/mol. The molecule has 0 spiro atoms. The molecular weight excluding hydrogens is 368 g/mol. The van der Waals surface area contributed by atoms with Crippen molar-refractivity contribution >= 4 is 5.97 Å². The largest absolute Gasteiger partial charge is 0.481 e. The Morgan fingerprint density at radius 3 is 2.48 bits per heavy atom. The summed E-state index contributed by atoms with van der Waals surface area (Å²) in [7, 11) is 0. The van der Waals surface area contributed by atoms with Crippen LogP contribution in [0.4, 0.5) is 0 Å². The summed E-state index contributed by atoms with van der Waals surface area (Å²) in [6.07, 6.45) is 11.2. The van der Waals surface area contributed by atoms with Gasteiger partial charge in [0.05, 0.1) is 11.5 Å². The van der Waals surface area contributed by atoms with E-state index in [0.717, 1.165) is 38.5 Å². The maximum absolute atomic E-state index is 11.1. The third-order valence-corrected chi connectivity index (χ3v) is 8.08. The van der Waals surface area contributed by atoms with Gasteiger partial charge in [0.25, 0.3) is 0 Å². The first-order valence-electron chi connectivity index (χ1n) is 11.4. The van der Waals surface area contributed by atoms with E-state index in [0.29, 0.717) is 0 Å². The highest BCUT2D eigenvalue weighted by Gasteiger charge is 2.73. The van der Waals surface area contributed by atoms with Crippen molar-refractivity contribution in [3.63, 3.8) is 0 Å². The lowest BCUT2D eigenvalue weighted by molar-refractivity contribution is -0.411. The van der Waals surface area contributed by atoms with Crippen molar-refractivity contribution in [2.45, 2.75) is 122 Å². The zero-order valence-corrected chi connectivity index (χ0v) is 19.2. The molecular formula is C24H40O5. The molecule has 3 rings (SSSR count). The molecule has 5 heteroatoms. The van der Waals surface area contributed by atoms with Gasteiger partial charge < -0.3 is 9.84 Å². The molecule has 0 radical (unpaired) electrons. The third kappa shape index (κ3) is 4.42. The number of ether oxygens (including phenoxy) is 1. The average molecular weight is 409 g/mol. The Bertz CT molecular complexity index is 646. The molecule has 2 aliphatic heterocycles. The van der Waals surface area contributed by atoms with Gasteiger partial charge in [0.1, 0.15) is 17.3 Å². The van der Waals surface area contributed by atoms with Gasteiger partial charge in [-0.25, -0.2) is 9.78 Å². The Morgan fingerprint density at radius 1 is 1.17 bits per heavy atom. The number of carbonyl (C=O) groups is 1. The number of hydrogen-bond acceptors (Lipinski definition) is 4. The Kier molecular flexibility index (Phi) is 6.26. The second-order valence-electron chi connectivity index (χ2n) is 10.8. The number of carboxylic acids is 1. The molecule has 2 heterocycles. The summed E-state index contributed by atoms with van der Waals surface area (Å²) >= 11 is 0. The maximum Gasteiger partial charge on any atom is 0.308 e. The summed E-state index contributed by atoms with van der Waals surface area (Å²) in [5, 5.41) is 9.13. The van der Waals surface area contributed by atoms with Crippen LogP contribution in [0.1, 0.15) is 99.3 Å². The zero-order valence-electron chi connectivity index (χ0n) is 19.2. The van der Waals surface area contributed by atoms with Gasteiger partial charge in [0, 0.05) is 0 Å². The topological polar surface area (TPSA) is 68.3 Å². The zero-order chi connectivity index (χ0) is 21.5. The molecule has 0 bridgehead atoms. The summed E-state index contributed by atoms with van der Waals surface area (Å²) < 4.78 is 6.37. The second kappa shape index (κ2) is 7.97. The number of fused-ring (bicyclic) bond motifs is 1. The van der Waals surface area contributed by atoms with E-state index in [1.807, 2.05) is 0 Å². The van der Waals surface area contributed by atoms with Crippen LogP contribution in [-0.2, 0) is 19.3 Å². The van der Waals surface area contributed by atoms with Crippen molar-refractivity contribution in [1.82, 2.24) is 0 Å². The molecule has 0 amide bonds. The summed E-state index contributed by atoms with van der Waals surface area (Å²) in [5.41, 5.74) is 1.46. The van der Waals surface area contributed by atoms with Crippen molar-refractivity contribution in [2.75, 3.05) is 0 Å². The number of epoxide rings is 1. The number of carboxylic acid groups (broad SMARTS) is 1. The molecule has 0 aromatic heterocycles. The molecule has 3 unspecified atom stereocenters. The van der Waals surface area contributed by atoms with Crippen LogP contribution in [0.15, 0.2) is 11.6 Å². The standard InChI is InChI=1S/C24H40O5/c1-17(10-16-24-21(3,4)12-8-14-23(24,6)28-24)9-7-13-22(5)15-11-19(27-29-22)18(2)20(25)26/h9,18-19H,7-8,10-16H2,1-6H3,(H,25,26)/b17-9+/t18-,19?,22-,23?,24?/m1/s1. The van der Waals surface area contributed by atoms with E-state index in [9.17, 15) is 4.79 Å². The minimum atomic E-state index is -0.836. The van der Waals surface area contributed by atoms with Crippen LogP contribution >= 0.6 is 0 Å². The highest BCUT2D eigenvalue weighted by atomic mass is 17.2. The van der Waals surface area contributed by atoms with Crippen molar-refractivity contribution < 1.29 is 24.4 Å². The number of allylic oxidation sites excluding steroid dienone is 2. The predicted octanol–water partition coefficient (Wildman–Crippen LogP) is 5.82. The van der Waals surface area contributed by atoms with Gasteiger partial charge >= 0.3 is 5.97 Å². The van der Waals surface area contributed by atoms with Gasteiger partial charge in [-0.15, -0.1) is 0 Å². The van der Waals surface area contributed by atoms with Crippen LogP contribution < -0.4 is 0 Å². The average Bonchev–Trinajstić information content (AvgIpc) is 3.27. The fraction of sp³-hybridized carbons (Fsp3) is 0.875. The smallest absolute Gasteiger partial charge is 0.308 e. The lowest BCUT2D eigenvalue weighted by Gasteiger charge is -2.38. The molecule has 1 saturated carbocycles. The highest BCUT2D eigenvalue weighted by molar-refractivity contribution is 5.70. The summed E-state index contributed by atoms with van der Waals surface area (Å²) in [4.78, 5) is 22.2. The van der Waals surface area contributed by atoms with Gasteiger partial charge in [0.15, 0.2) is 0 Å². The van der Waals surface area contributed by atoms with Crippen molar-refractivity contribution in [3.8, 4) is 0 Å². The summed E-state index contributed by atoms with van der Waals surface area (Å²) in [6, 6.07) is 0. The van der Waals surface area contributed by atoms with Crippen molar-refractivity contribution in [1.29, 1.82) is 0 Å². The molecule has 1 N–H and O–H groups in total. The van der Waals surface area contributed by atoms with E-state index < -0.39 is 11.9 Å². The van der Waals surface area contributed by atoms with Crippen molar-refractivity contribution in [2.24, 2.45) is 11.3 Å². The molecule has 2 saturated heterocycles. The maximum atomic E-state index is 11.1. The van der Waals surface area contributed by atoms with E-state index >= 15 is 0 Å². The third-order valence-electron chi connectivity index (χ3n) is 8.08. The fourth-order valence-electron chi connectivity index (χ4n) is 5.66. The highest BCUT2D eigenvalue weighted by Crippen LogP contribution is 2.67. The first-order chi connectivity index (χ1) is 13.4. The quantitative estimate of drug-likeness (QED) is 0.311. The van der Waals surface area contributed by atoms with Gasteiger partial charge in [-0.2, -0.15) is 0 Å². The molecule has 5 nitrogen and oxygen atoms in total. The number of rotatable bonds is 8. The van der Waals surface area contributed by atoms with E-state index in [4.69, 9.17) is 19.6 Å². The molecule has 5 atom stereocenters. The van der Waals surface area contributed by atoms with Crippen LogP contribution in [-0.4, -0.2) is 34.0 Å². The summed E-state index contributed by atoms with van der Waals surface area (Å²) in [5.74, 6) is -1.38. The van der Waals surface area contributed by atoms with Crippen LogP contribution in [0, 0.1) is 11.3 Å². The van der Waals surface area contributed by atoms with Gasteiger partial charge in [-0.05, 0) is 90.9 Å². The van der Waals surface area contributed by atoms with Crippen molar-refractivity contribution in [3.05, 3.63) is 11.6 Å². The lowest BCUT2D eigenvalue weighted by atomic mass is 9.62. The normalized spacial score (nSPS) is 40.2. The first-order valence-corrected chi connectivity index (χ1v) is 11.4. The Balaban J connectivity index is 1.45. The van der Waals surface area contributed by atoms with Crippen LogP contribution in [0.3, 0.4) is 0 Å². The van der Waals surface area contributed by atoms with E-state index in [2.05, 4.69) is 40.7 Å². The van der Waals surface area contributed by atoms with Crippen LogP contribution in [0.25, 0.3) is 0 Å². The molecule has 1 aliphatic carbocycles. The molecule has 0 aromatic carbocycles. The molecule has 166 valence electrons. The monoisotopic (exact) mass is 408 g/mol. The minimum Gasteiger partial charge on any atom is -0.481 e. The van der Waals surface area contributed by atoms with E-state index in [1.54, 1.807) is 6.92 Å². The number of hydrogen-bond donors (Lipinski definition) is 1. The van der Waals surface area contributed by atoms with Crippen LogP contribution in [0.5, 0.6) is 0 Å². The molecule has 0 aromatic rings. The SMILES string of the molecule is C/C(=C\CC[C@]1(C)CCC([C@@H](C)C(=O)O)OO1)CCC12OC1(C)CCCC2(C)C. The first kappa shape index (κ1) is 22.8.